The highest BCUT2D eigenvalue weighted by Gasteiger charge is 2.07. The molecule has 0 unspecified atom stereocenters. The van der Waals surface area contributed by atoms with Gasteiger partial charge < -0.3 is 19.9 Å². The third-order valence-corrected chi connectivity index (χ3v) is 3.80. The monoisotopic (exact) mass is 407 g/mol. The van der Waals surface area contributed by atoms with Crippen LogP contribution in [-0.2, 0) is 4.79 Å². The van der Waals surface area contributed by atoms with Gasteiger partial charge in [-0.3, -0.25) is 4.79 Å². The van der Waals surface area contributed by atoms with Crippen LogP contribution in [0.5, 0.6) is 17.2 Å². The molecule has 0 heterocycles. The number of phenolic OH excluding ortho intramolecular Hbond substituents is 1. The van der Waals surface area contributed by atoms with E-state index in [1.807, 2.05) is 18.2 Å². The standard InChI is InChI=1S/C17H18BrN3O4/c1-24-13-5-3-4-12(8-13)19-10-16(22)21-20-9-11-6-14(18)17(23)15(7-11)25-2/h3-9,19,23H,10H2,1-2H3,(H,21,22)/b20-9+. The molecule has 2 aromatic carbocycles. The molecule has 2 aromatic rings. The van der Waals surface area contributed by atoms with Crippen LogP contribution in [0.1, 0.15) is 5.56 Å². The number of hydrazone groups is 1. The first-order valence-electron chi connectivity index (χ1n) is 7.30. The van der Waals surface area contributed by atoms with E-state index in [0.29, 0.717) is 21.5 Å². The van der Waals surface area contributed by atoms with Crippen molar-refractivity contribution in [1.82, 2.24) is 5.43 Å². The molecule has 0 saturated heterocycles. The van der Waals surface area contributed by atoms with Gasteiger partial charge in [0.25, 0.3) is 5.91 Å². The highest BCUT2D eigenvalue weighted by molar-refractivity contribution is 9.10. The van der Waals surface area contributed by atoms with Crippen molar-refractivity contribution in [3.8, 4) is 17.2 Å². The number of carbonyl (C=O) groups excluding carboxylic acids is 1. The van der Waals surface area contributed by atoms with E-state index in [4.69, 9.17) is 9.47 Å². The Bertz CT molecular complexity index is 780. The first-order chi connectivity index (χ1) is 12.0. The lowest BCUT2D eigenvalue weighted by molar-refractivity contribution is -0.119. The molecule has 2 rings (SSSR count). The number of carbonyl (C=O) groups is 1. The molecule has 0 aliphatic heterocycles. The van der Waals surface area contributed by atoms with Gasteiger partial charge in [0.15, 0.2) is 11.5 Å². The van der Waals surface area contributed by atoms with E-state index in [-0.39, 0.29) is 18.2 Å². The van der Waals surface area contributed by atoms with Crippen molar-refractivity contribution in [2.75, 3.05) is 26.1 Å². The second-order valence-electron chi connectivity index (χ2n) is 4.93. The smallest absolute Gasteiger partial charge is 0.259 e. The fourth-order valence-electron chi connectivity index (χ4n) is 1.96. The molecule has 25 heavy (non-hydrogen) atoms. The SMILES string of the molecule is COc1cccc(NCC(=O)N/N=C/c2cc(Br)c(O)c(OC)c2)c1. The number of nitrogens with zero attached hydrogens (tertiary/aromatic N) is 1. The molecule has 0 spiro atoms. The number of aromatic hydroxyl groups is 1. The molecular formula is C17H18BrN3O4. The minimum atomic E-state index is -0.302. The van der Waals surface area contributed by atoms with E-state index in [9.17, 15) is 9.90 Å². The lowest BCUT2D eigenvalue weighted by Crippen LogP contribution is -2.25. The largest absolute Gasteiger partial charge is 0.503 e. The van der Waals surface area contributed by atoms with Gasteiger partial charge >= 0.3 is 0 Å². The van der Waals surface area contributed by atoms with Crippen LogP contribution in [0.4, 0.5) is 5.69 Å². The summed E-state index contributed by atoms with van der Waals surface area (Å²) in [6, 6.07) is 10.5. The molecule has 8 heteroatoms. The van der Waals surface area contributed by atoms with Gasteiger partial charge in [-0.15, -0.1) is 0 Å². The van der Waals surface area contributed by atoms with Gasteiger partial charge in [-0.1, -0.05) is 6.07 Å². The number of ether oxygens (including phenoxy) is 2. The summed E-state index contributed by atoms with van der Waals surface area (Å²) >= 11 is 3.22. The zero-order chi connectivity index (χ0) is 18.2. The number of hydrogen-bond donors (Lipinski definition) is 3. The quantitative estimate of drug-likeness (QED) is 0.484. The van der Waals surface area contributed by atoms with E-state index in [1.54, 1.807) is 25.3 Å². The Labute approximate surface area is 153 Å². The van der Waals surface area contributed by atoms with E-state index in [2.05, 4.69) is 31.8 Å². The molecule has 132 valence electrons. The van der Waals surface area contributed by atoms with Crippen molar-refractivity contribution in [3.63, 3.8) is 0 Å². The van der Waals surface area contributed by atoms with Gasteiger partial charge in [0.1, 0.15) is 5.75 Å². The molecule has 0 fully saturated rings. The van der Waals surface area contributed by atoms with Crippen molar-refractivity contribution in [2.45, 2.75) is 0 Å². The third kappa shape index (κ3) is 5.39. The van der Waals surface area contributed by atoms with E-state index >= 15 is 0 Å². The number of anilines is 1. The van der Waals surface area contributed by atoms with Gasteiger partial charge in [0.2, 0.25) is 0 Å². The molecule has 0 radical (unpaired) electrons. The Morgan fingerprint density at radius 3 is 2.80 bits per heavy atom. The number of amides is 1. The number of methoxy groups -OCH3 is 2. The zero-order valence-corrected chi connectivity index (χ0v) is 15.3. The minimum absolute atomic E-state index is 0.00572. The molecule has 1 amide bonds. The van der Waals surface area contributed by atoms with Gasteiger partial charge in [-0.2, -0.15) is 5.10 Å². The number of rotatable bonds is 7. The lowest BCUT2D eigenvalue weighted by Gasteiger charge is -2.07. The van der Waals surface area contributed by atoms with Crippen LogP contribution in [-0.4, -0.2) is 38.0 Å². The molecular weight excluding hydrogens is 390 g/mol. The van der Waals surface area contributed by atoms with Gasteiger partial charge in [-0.25, -0.2) is 5.43 Å². The minimum Gasteiger partial charge on any atom is -0.503 e. The Balaban J connectivity index is 1.89. The summed E-state index contributed by atoms with van der Waals surface area (Å²) in [5.74, 6) is 0.715. The Morgan fingerprint density at radius 1 is 1.28 bits per heavy atom. The summed E-state index contributed by atoms with van der Waals surface area (Å²) < 4.78 is 10.6. The average molecular weight is 408 g/mol. The molecule has 0 saturated carbocycles. The maximum Gasteiger partial charge on any atom is 0.259 e. The van der Waals surface area contributed by atoms with Crippen LogP contribution in [0.3, 0.4) is 0 Å². The lowest BCUT2D eigenvalue weighted by atomic mass is 10.2. The van der Waals surface area contributed by atoms with Crippen molar-refractivity contribution in [2.24, 2.45) is 5.10 Å². The van der Waals surface area contributed by atoms with Gasteiger partial charge in [-0.05, 0) is 45.8 Å². The normalized spacial score (nSPS) is 10.5. The molecule has 0 aromatic heterocycles. The maximum absolute atomic E-state index is 11.8. The number of phenols is 1. The molecule has 0 bridgehead atoms. The Hall–Kier alpha value is -2.74. The zero-order valence-electron chi connectivity index (χ0n) is 13.7. The predicted octanol–water partition coefficient (Wildman–Crippen LogP) is 2.73. The van der Waals surface area contributed by atoms with Crippen molar-refractivity contribution in [1.29, 1.82) is 0 Å². The second kappa shape index (κ2) is 8.93. The third-order valence-electron chi connectivity index (χ3n) is 3.20. The topological polar surface area (TPSA) is 92.2 Å². The van der Waals surface area contributed by atoms with Gasteiger partial charge in [0.05, 0.1) is 31.5 Å². The van der Waals surface area contributed by atoms with Crippen LogP contribution in [0.25, 0.3) is 0 Å². The average Bonchev–Trinajstić information content (AvgIpc) is 2.63. The van der Waals surface area contributed by atoms with E-state index in [1.165, 1.54) is 13.3 Å². The summed E-state index contributed by atoms with van der Waals surface area (Å²) in [6.07, 6.45) is 1.45. The first kappa shape index (κ1) is 18.6. The summed E-state index contributed by atoms with van der Waals surface area (Å²) in [4.78, 5) is 11.8. The molecule has 0 atom stereocenters. The highest BCUT2D eigenvalue weighted by Crippen LogP contribution is 2.34. The molecule has 3 N–H and O–H groups in total. The first-order valence-corrected chi connectivity index (χ1v) is 8.09. The highest BCUT2D eigenvalue weighted by atomic mass is 79.9. The second-order valence-corrected chi connectivity index (χ2v) is 5.79. The molecule has 0 aliphatic rings. The van der Waals surface area contributed by atoms with Crippen LogP contribution >= 0.6 is 15.9 Å². The van der Waals surface area contributed by atoms with Crippen molar-refractivity contribution < 1.29 is 19.4 Å². The van der Waals surface area contributed by atoms with Crippen molar-refractivity contribution in [3.05, 3.63) is 46.4 Å². The predicted molar refractivity (Wildman–Crippen MR) is 99.6 cm³/mol. The Morgan fingerprint density at radius 2 is 2.08 bits per heavy atom. The summed E-state index contributed by atoms with van der Waals surface area (Å²) in [5.41, 5.74) is 3.84. The van der Waals surface area contributed by atoms with Crippen molar-refractivity contribution >= 4 is 33.7 Å². The Kier molecular flexibility index (Phi) is 6.64. The summed E-state index contributed by atoms with van der Waals surface area (Å²) in [7, 11) is 3.03. The fourth-order valence-corrected chi connectivity index (χ4v) is 2.42. The summed E-state index contributed by atoms with van der Waals surface area (Å²) in [5, 5.41) is 16.6. The summed E-state index contributed by atoms with van der Waals surface area (Å²) in [6.45, 7) is 0.0626. The fraction of sp³-hybridized carbons (Fsp3) is 0.176. The number of nitrogens with one attached hydrogen (secondary N) is 2. The molecule has 7 nitrogen and oxygen atoms in total. The van der Waals surface area contributed by atoms with E-state index in [0.717, 1.165) is 5.69 Å². The van der Waals surface area contributed by atoms with Crippen LogP contribution < -0.4 is 20.2 Å². The van der Waals surface area contributed by atoms with Crippen LogP contribution in [0.2, 0.25) is 0 Å². The maximum atomic E-state index is 11.8. The number of halogens is 1. The van der Waals surface area contributed by atoms with Crippen LogP contribution in [0.15, 0.2) is 46.0 Å². The number of hydrogen-bond acceptors (Lipinski definition) is 6. The van der Waals surface area contributed by atoms with E-state index < -0.39 is 0 Å². The van der Waals surface area contributed by atoms with Gasteiger partial charge in [0, 0.05) is 11.8 Å². The molecule has 0 aliphatic carbocycles. The number of benzene rings is 2. The van der Waals surface area contributed by atoms with Crippen LogP contribution in [0, 0.1) is 0 Å².